The van der Waals surface area contributed by atoms with Gasteiger partial charge in [0.05, 0.1) is 22.5 Å². The first-order valence-electron chi connectivity index (χ1n) is 9.02. The number of aromatic amines is 1. The van der Waals surface area contributed by atoms with Gasteiger partial charge in [0.1, 0.15) is 11.6 Å². The molecule has 140 valence electrons. The Hall–Kier alpha value is -3.48. The van der Waals surface area contributed by atoms with Gasteiger partial charge in [0.15, 0.2) is 0 Å². The van der Waals surface area contributed by atoms with Gasteiger partial charge in [-0.1, -0.05) is 18.2 Å². The Balaban J connectivity index is 1.87. The number of rotatable bonds is 2. The van der Waals surface area contributed by atoms with Gasteiger partial charge >= 0.3 is 0 Å². The first-order chi connectivity index (χ1) is 13.5. The molecule has 0 radical (unpaired) electrons. The van der Waals surface area contributed by atoms with Crippen molar-refractivity contribution in [3.63, 3.8) is 0 Å². The third kappa shape index (κ3) is 2.16. The van der Waals surface area contributed by atoms with Crippen LogP contribution in [0.1, 0.15) is 30.0 Å². The molecule has 4 aromatic rings. The number of benzene rings is 2. The van der Waals surface area contributed by atoms with Crippen LogP contribution in [0.25, 0.3) is 10.8 Å². The molecule has 28 heavy (non-hydrogen) atoms. The van der Waals surface area contributed by atoms with E-state index in [1.807, 2.05) is 36.9 Å². The lowest BCUT2D eigenvalue weighted by atomic mass is 9.71. The van der Waals surface area contributed by atoms with E-state index in [9.17, 15) is 9.18 Å². The van der Waals surface area contributed by atoms with E-state index in [2.05, 4.69) is 20.5 Å². The lowest BCUT2D eigenvalue weighted by Gasteiger charge is -2.42. The predicted octanol–water partition coefficient (Wildman–Crippen LogP) is 3.27. The number of H-pyrrole nitrogens is 1. The molecule has 7 heteroatoms. The van der Waals surface area contributed by atoms with Crippen LogP contribution in [-0.4, -0.2) is 19.7 Å². The fourth-order valence-corrected chi connectivity index (χ4v) is 4.33. The largest absolute Gasteiger partial charge is 0.376 e. The van der Waals surface area contributed by atoms with E-state index < -0.39 is 5.41 Å². The van der Waals surface area contributed by atoms with Crippen molar-refractivity contribution in [2.24, 2.45) is 7.05 Å². The van der Waals surface area contributed by atoms with Crippen LogP contribution in [0.4, 0.5) is 10.1 Å². The molecule has 2 aromatic heterocycles. The number of aryl methyl sites for hydroxylation is 1. The molecule has 2 atom stereocenters. The Morgan fingerprint density at radius 1 is 1.18 bits per heavy atom. The summed E-state index contributed by atoms with van der Waals surface area (Å²) in [6.45, 7) is 2.05. The second-order valence-corrected chi connectivity index (χ2v) is 7.32. The zero-order chi connectivity index (χ0) is 19.5. The van der Waals surface area contributed by atoms with Gasteiger partial charge in [0, 0.05) is 30.5 Å². The summed E-state index contributed by atoms with van der Waals surface area (Å²) in [5.74, 6) is 0.507. The lowest BCUT2D eigenvalue weighted by molar-refractivity contribution is 0.424. The highest BCUT2D eigenvalue weighted by atomic mass is 19.1. The maximum Gasteiger partial charge on any atom is 0.272 e. The minimum absolute atomic E-state index is 0.232. The molecule has 0 amide bonds. The van der Waals surface area contributed by atoms with Gasteiger partial charge in [-0.3, -0.25) is 4.79 Å². The van der Waals surface area contributed by atoms with E-state index in [-0.39, 0.29) is 17.4 Å². The fourth-order valence-electron chi connectivity index (χ4n) is 4.33. The predicted molar refractivity (Wildman–Crippen MR) is 105 cm³/mol. The average molecular weight is 375 g/mol. The fraction of sp³-hybridized carbons (Fsp3) is 0.190. The van der Waals surface area contributed by atoms with Gasteiger partial charge in [-0.15, -0.1) is 0 Å². The van der Waals surface area contributed by atoms with Crippen molar-refractivity contribution < 1.29 is 4.39 Å². The van der Waals surface area contributed by atoms with Crippen molar-refractivity contribution >= 4 is 16.5 Å². The summed E-state index contributed by atoms with van der Waals surface area (Å²) < 4.78 is 15.5. The Morgan fingerprint density at radius 3 is 2.68 bits per heavy atom. The molecule has 0 aliphatic carbocycles. The number of halogens is 1. The molecular formula is C21H18FN5O. The van der Waals surface area contributed by atoms with E-state index in [1.165, 1.54) is 12.1 Å². The second-order valence-electron chi connectivity index (χ2n) is 7.32. The first kappa shape index (κ1) is 16.7. The van der Waals surface area contributed by atoms with Crippen molar-refractivity contribution in [2.75, 3.05) is 5.32 Å². The first-order valence-corrected chi connectivity index (χ1v) is 9.02. The summed E-state index contributed by atoms with van der Waals surface area (Å²) in [4.78, 5) is 17.0. The maximum absolute atomic E-state index is 13.6. The summed E-state index contributed by atoms with van der Waals surface area (Å²) in [5, 5.41) is 12.0. The number of aromatic nitrogens is 4. The molecule has 6 nitrogen and oxygen atoms in total. The van der Waals surface area contributed by atoms with Crippen LogP contribution in [0, 0.1) is 5.82 Å². The third-order valence-electron chi connectivity index (χ3n) is 5.67. The van der Waals surface area contributed by atoms with Crippen LogP contribution in [0.3, 0.4) is 0 Å². The van der Waals surface area contributed by atoms with Crippen molar-refractivity contribution in [1.29, 1.82) is 0 Å². The molecule has 0 saturated carbocycles. The Bertz CT molecular complexity index is 1260. The number of anilines is 1. The van der Waals surface area contributed by atoms with Gasteiger partial charge in [-0.05, 0) is 36.8 Å². The van der Waals surface area contributed by atoms with Crippen molar-refractivity contribution in [2.45, 2.75) is 18.4 Å². The third-order valence-corrected chi connectivity index (χ3v) is 5.67. The lowest BCUT2D eigenvalue weighted by Crippen LogP contribution is -2.43. The molecule has 2 unspecified atom stereocenters. The van der Waals surface area contributed by atoms with Gasteiger partial charge in [0.25, 0.3) is 5.56 Å². The van der Waals surface area contributed by atoms with Gasteiger partial charge in [-0.2, -0.15) is 5.10 Å². The maximum atomic E-state index is 13.6. The molecule has 1 aliphatic heterocycles. The van der Waals surface area contributed by atoms with Gasteiger partial charge in [0.2, 0.25) is 0 Å². The standard InChI is InChI=1S/C21H18FN5O/c1-21(20-23-10-11-27(20)2)17(12-6-8-13(22)9-7-12)24-15-5-3-4-14-16(15)18(21)25-26-19(14)28/h3-11,17,24H,1-2H3,(H,26,28). The molecule has 0 spiro atoms. The Labute approximate surface area is 160 Å². The molecular weight excluding hydrogens is 357 g/mol. The number of nitrogens with zero attached hydrogens (tertiary/aromatic N) is 3. The van der Waals surface area contributed by atoms with E-state index in [0.717, 1.165) is 28.2 Å². The summed E-state index contributed by atoms with van der Waals surface area (Å²) in [6.07, 6.45) is 3.62. The molecule has 0 bridgehead atoms. The quantitative estimate of drug-likeness (QED) is 0.564. The smallest absolute Gasteiger partial charge is 0.272 e. The highest BCUT2D eigenvalue weighted by Crippen LogP contribution is 2.49. The number of hydrogen-bond donors (Lipinski definition) is 2. The van der Waals surface area contributed by atoms with Crippen molar-refractivity contribution in [3.05, 3.63) is 88.1 Å². The molecule has 1 aliphatic rings. The summed E-state index contributed by atoms with van der Waals surface area (Å²) in [5.41, 5.74) is 1.53. The molecule has 0 saturated heterocycles. The molecule has 3 heterocycles. The summed E-state index contributed by atoms with van der Waals surface area (Å²) in [6, 6.07) is 11.7. The van der Waals surface area contributed by atoms with Crippen LogP contribution >= 0.6 is 0 Å². The normalized spacial score (nSPS) is 20.9. The van der Waals surface area contributed by atoms with Crippen LogP contribution < -0.4 is 10.9 Å². The van der Waals surface area contributed by atoms with Crippen molar-refractivity contribution in [3.8, 4) is 0 Å². The van der Waals surface area contributed by atoms with Gasteiger partial charge < -0.3 is 9.88 Å². The Morgan fingerprint density at radius 2 is 1.96 bits per heavy atom. The molecule has 2 aromatic carbocycles. The summed E-state index contributed by atoms with van der Waals surface area (Å²) in [7, 11) is 1.93. The van der Waals surface area contributed by atoms with Crippen LogP contribution in [0.2, 0.25) is 0 Å². The van der Waals surface area contributed by atoms with E-state index in [1.54, 1.807) is 24.4 Å². The molecule has 0 fully saturated rings. The molecule has 5 rings (SSSR count). The average Bonchev–Trinajstić information content (AvgIpc) is 3.13. The van der Waals surface area contributed by atoms with Crippen molar-refractivity contribution in [1.82, 2.24) is 19.7 Å². The highest BCUT2D eigenvalue weighted by molar-refractivity contribution is 5.97. The zero-order valence-electron chi connectivity index (χ0n) is 15.4. The van der Waals surface area contributed by atoms with Crippen LogP contribution in [-0.2, 0) is 12.5 Å². The Kier molecular flexibility index (Phi) is 3.43. The number of nitrogens with one attached hydrogen (secondary N) is 2. The van der Waals surface area contributed by atoms with E-state index >= 15 is 0 Å². The van der Waals surface area contributed by atoms with Gasteiger partial charge in [-0.25, -0.2) is 14.5 Å². The number of imidazole rings is 1. The number of hydrogen-bond acceptors (Lipinski definition) is 4. The monoisotopic (exact) mass is 375 g/mol. The highest BCUT2D eigenvalue weighted by Gasteiger charge is 2.47. The second kappa shape index (κ2) is 5.76. The van der Waals surface area contributed by atoms with E-state index in [4.69, 9.17) is 0 Å². The topological polar surface area (TPSA) is 75.6 Å². The SMILES string of the molecule is Cn1ccnc1C1(C)c2n[nH]c(=O)c3cccc(c23)NC1c1ccc(F)cc1. The summed E-state index contributed by atoms with van der Waals surface area (Å²) >= 11 is 0. The van der Waals surface area contributed by atoms with Crippen LogP contribution in [0.15, 0.2) is 59.7 Å². The minimum atomic E-state index is -0.702. The van der Waals surface area contributed by atoms with Crippen LogP contribution in [0.5, 0.6) is 0 Å². The minimum Gasteiger partial charge on any atom is -0.376 e. The van der Waals surface area contributed by atoms with E-state index in [0.29, 0.717) is 5.39 Å². The molecule has 2 N–H and O–H groups in total. The zero-order valence-corrected chi connectivity index (χ0v) is 15.4.